The Labute approximate surface area is 85.9 Å². The van der Waals surface area contributed by atoms with Crippen LogP contribution in [0.3, 0.4) is 0 Å². The van der Waals surface area contributed by atoms with Gasteiger partial charge in [0.25, 0.3) is 5.69 Å². The van der Waals surface area contributed by atoms with E-state index in [9.17, 15) is 10.1 Å². The van der Waals surface area contributed by atoms with Gasteiger partial charge in [0.1, 0.15) is 0 Å². The van der Waals surface area contributed by atoms with Crippen LogP contribution in [0.4, 0.5) is 5.69 Å². The van der Waals surface area contributed by atoms with Crippen LogP contribution < -0.4 is 0 Å². The van der Waals surface area contributed by atoms with E-state index in [0.29, 0.717) is 5.56 Å². The van der Waals surface area contributed by atoms with Crippen molar-refractivity contribution < 1.29 is 10.0 Å². The third-order valence-electron chi connectivity index (χ3n) is 2.37. The summed E-state index contributed by atoms with van der Waals surface area (Å²) < 4.78 is 0. The zero-order chi connectivity index (χ0) is 10.8. The van der Waals surface area contributed by atoms with E-state index < -0.39 is 4.92 Å². The molecular formula is C11H9NO3. The van der Waals surface area contributed by atoms with E-state index in [2.05, 4.69) is 0 Å². The number of benzene rings is 2. The molecule has 0 aliphatic carbocycles. The minimum Gasteiger partial charge on any atom is -0.391 e. The van der Waals surface area contributed by atoms with Gasteiger partial charge in [0.05, 0.1) is 17.1 Å². The van der Waals surface area contributed by atoms with Gasteiger partial charge < -0.3 is 5.11 Å². The van der Waals surface area contributed by atoms with E-state index in [-0.39, 0.29) is 12.3 Å². The number of aliphatic hydroxyl groups is 1. The first-order valence-electron chi connectivity index (χ1n) is 4.50. The molecule has 2 aromatic rings. The van der Waals surface area contributed by atoms with Crippen LogP contribution in [-0.2, 0) is 6.61 Å². The fourth-order valence-corrected chi connectivity index (χ4v) is 1.66. The highest BCUT2D eigenvalue weighted by atomic mass is 16.6. The summed E-state index contributed by atoms with van der Waals surface area (Å²) in [6.45, 7) is -0.322. The van der Waals surface area contributed by atoms with Gasteiger partial charge in [-0.25, -0.2) is 0 Å². The van der Waals surface area contributed by atoms with Crippen LogP contribution in [-0.4, -0.2) is 10.0 Å². The van der Waals surface area contributed by atoms with Crippen molar-refractivity contribution in [3.8, 4) is 0 Å². The van der Waals surface area contributed by atoms with Crippen molar-refractivity contribution in [3.05, 3.63) is 52.1 Å². The maximum Gasteiger partial charge on any atom is 0.275 e. The molecule has 1 N–H and O–H groups in total. The first-order valence-corrected chi connectivity index (χ1v) is 4.50. The number of nitro groups is 1. The predicted octanol–water partition coefficient (Wildman–Crippen LogP) is 2.24. The highest BCUT2D eigenvalue weighted by Crippen LogP contribution is 2.27. The van der Waals surface area contributed by atoms with Crippen molar-refractivity contribution in [2.45, 2.75) is 6.61 Å². The van der Waals surface area contributed by atoms with E-state index in [1.807, 2.05) is 12.1 Å². The lowest BCUT2D eigenvalue weighted by atomic mass is 10.0. The lowest BCUT2D eigenvalue weighted by Gasteiger charge is -2.04. The molecule has 4 heteroatoms. The lowest BCUT2D eigenvalue weighted by Crippen LogP contribution is -1.96. The number of hydrogen-bond acceptors (Lipinski definition) is 3. The molecule has 0 unspecified atom stereocenters. The molecule has 2 rings (SSSR count). The molecule has 0 heterocycles. The molecule has 0 aliphatic rings. The third kappa shape index (κ3) is 1.55. The summed E-state index contributed by atoms with van der Waals surface area (Å²) in [6.07, 6.45) is 0. The number of aliphatic hydroxyl groups excluding tert-OH is 1. The SMILES string of the molecule is O=[N+]([O-])c1ccc2ccccc2c1CO. The van der Waals surface area contributed by atoms with Gasteiger partial charge >= 0.3 is 0 Å². The second-order valence-corrected chi connectivity index (χ2v) is 3.20. The summed E-state index contributed by atoms with van der Waals surface area (Å²) in [7, 11) is 0. The maximum atomic E-state index is 10.7. The van der Waals surface area contributed by atoms with E-state index in [0.717, 1.165) is 10.8 Å². The normalized spacial score (nSPS) is 10.5. The van der Waals surface area contributed by atoms with Crippen molar-refractivity contribution >= 4 is 16.5 Å². The van der Waals surface area contributed by atoms with E-state index >= 15 is 0 Å². The van der Waals surface area contributed by atoms with Crippen LogP contribution in [0.1, 0.15) is 5.56 Å². The van der Waals surface area contributed by atoms with Crippen molar-refractivity contribution in [1.82, 2.24) is 0 Å². The Morgan fingerprint density at radius 3 is 2.60 bits per heavy atom. The van der Waals surface area contributed by atoms with Crippen LogP contribution in [0.2, 0.25) is 0 Å². The number of nitrogens with zero attached hydrogens (tertiary/aromatic N) is 1. The molecule has 0 atom stereocenters. The van der Waals surface area contributed by atoms with Gasteiger partial charge in [-0.1, -0.05) is 24.3 Å². The summed E-state index contributed by atoms with van der Waals surface area (Å²) >= 11 is 0. The monoisotopic (exact) mass is 203 g/mol. The Morgan fingerprint density at radius 2 is 1.93 bits per heavy atom. The Bertz CT molecular complexity index is 522. The largest absolute Gasteiger partial charge is 0.391 e. The fraction of sp³-hybridized carbons (Fsp3) is 0.0909. The average molecular weight is 203 g/mol. The zero-order valence-electron chi connectivity index (χ0n) is 7.88. The topological polar surface area (TPSA) is 63.4 Å². The average Bonchev–Trinajstić information content (AvgIpc) is 2.27. The Balaban J connectivity index is 2.81. The second kappa shape index (κ2) is 3.67. The summed E-state index contributed by atoms with van der Waals surface area (Å²) in [5, 5.41) is 21.5. The van der Waals surface area contributed by atoms with Gasteiger partial charge in [-0.15, -0.1) is 0 Å². The van der Waals surface area contributed by atoms with Gasteiger partial charge in [0.2, 0.25) is 0 Å². The number of hydrogen-bond donors (Lipinski definition) is 1. The second-order valence-electron chi connectivity index (χ2n) is 3.20. The summed E-state index contributed by atoms with van der Waals surface area (Å²) in [4.78, 5) is 10.2. The number of rotatable bonds is 2. The smallest absolute Gasteiger partial charge is 0.275 e. The summed E-state index contributed by atoms with van der Waals surface area (Å²) in [6, 6.07) is 10.4. The predicted molar refractivity (Wildman–Crippen MR) is 56.5 cm³/mol. The molecule has 15 heavy (non-hydrogen) atoms. The Morgan fingerprint density at radius 1 is 1.20 bits per heavy atom. The van der Waals surface area contributed by atoms with Crippen LogP contribution in [0.15, 0.2) is 36.4 Å². The Hall–Kier alpha value is -1.94. The molecule has 4 nitrogen and oxygen atoms in total. The minimum atomic E-state index is -0.474. The van der Waals surface area contributed by atoms with Crippen LogP contribution in [0.25, 0.3) is 10.8 Å². The van der Waals surface area contributed by atoms with Crippen molar-refractivity contribution in [3.63, 3.8) is 0 Å². The highest BCUT2D eigenvalue weighted by Gasteiger charge is 2.15. The van der Waals surface area contributed by atoms with Gasteiger partial charge in [0, 0.05) is 6.07 Å². The highest BCUT2D eigenvalue weighted by molar-refractivity contribution is 5.88. The van der Waals surface area contributed by atoms with Crippen molar-refractivity contribution in [1.29, 1.82) is 0 Å². The molecule has 0 aromatic heterocycles. The molecule has 0 saturated carbocycles. The molecule has 0 radical (unpaired) electrons. The van der Waals surface area contributed by atoms with Gasteiger partial charge in [-0.2, -0.15) is 0 Å². The fourth-order valence-electron chi connectivity index (χ4n) is 1.66. The molecular weight excluding hydrogens is 194 g/mol. The van der Waals surface area contributed by atoms with Crippen molar-refractivity contribution in [2.24, 2.45) is 0 Å². The van der Waals surface area contributed by atoms with Crippen LogP contribution >= 0.6 is 0 Å². The van der Waals surface area contributed by atoms with Gasteiger partial charge in [0.15, 0.2) is 0 Å². The lowest BCUT2D eigenvalue weighted by molar-refractivity contribution is -0.385. The van der Waals surface area contributed by atoms with E-state index in [1.54, 1.807) is 18.2 Å². The number of fused-ring (bicyclic) bond motifs is 1. The zero-order valence-corrected chi connectivity index (χ0v) is 7.88. The third-order valence-corrected chi connectivity index (χ3v) is 2.37. The molecule has 0 spiro atoms. The first-order chi connectivity index (χ1) is 7.24. The summed E-state index contributed by atoms with van der Waals surface area (Å²) in [5.74, 6) is 0. The molecule has 0 bridgehead atoms. The molecule has 0 amide bonds. The molecule has 0 aliphatic heterocycles. The molecule has 2 aromatic carbocycles. The first kappa shape index (κ1) is 9.61. The maximum absolute atomic E-state index is 10.7. The minimum absolute atomic E-state index is 0.0313. The molecule has 0 saturated heterocycles. The van der Waals surface area contributed by atoms with E-state index in [1.165, 1.54) is 6.07 Å². The molecule has 0 fully saturated rings. The van der Waals surface area contributed by atoms with Gasteiger partial charge in [-0.3, -0.25) is 10.1 Å². The Kier molecular flexibility index (Phi) is 2.35. The number of nitro benzene ring substituents is 1. The van der Waals surface area contributed by atoms with Crippen LogP contribution in [0, 0.1) is 10.1 Å². The summed E-state index contributed by atoms with van der Waals surface area (Å²) in [5.41, 5.74) is 0.342. The standard InChI is InChI=1S/C11H9NO3/c13-7-10-9-4-2-1-3-8(9)5-6-11(10)12(14)15/h1-6,13H,7H2. The van der Waals surface area contributed by atoms with Crippen LogP contribution in [0.5, 0.6) is 0 Å². The van der Waals surface area contributed by atoms with Crippen molar-refractivity contribution in [2.75, 3.05) is 0 Å². The van der Waals surface area contributed by atoms with E-state index in [4.69, 9.17) is 5.11 Å². The quantitative estimate of drug-likeness (QED) is 0.601. The van der Waals surface area contributed by atoms with Gasteiger partial charge in [-0.05, 0) is 16.8 Å². The molecule has 76 valence electrons.